The Balaban J connectivity index is 2.37. The molecule has 0 saturated carbocycles. The van der Waals surface area contributed by atoms with E-state index in [9.17, 15) is 4.79 Å². The van der Waals surface area contributed by atoms with Crippen LogP contribution in [-0.4, -0.2) is 67.4 Å². The van der Waals surface area contributed by atoms with Crippen molar-refractivity contribution < 1.29 is 14.3 Å². The van der Waals surface area contributed by atoms with Crippen LogP contribution in [0, 0.1) is 0 Å². The molecule has 0 bridgehead atoms. The molecule has 1 aliphatic rings. The van der Waals surface area contributed by atoms with E-state index in [1.165, 1.54) is 0 Å². The number of carbonyl (C=O) groups excluding carboxylic acids is 1. The first kappa shape index (κ1) is 16.8. The predicted octanol–water partition coefficient (Wildman–Crippen LogP) is 0.721. The zero-order valence-corrected chi connectivity index (χ0v) is 13.0. The Hall–Kier alpha value is -0.300. The number of hydrogen-bond acceptors (Lipinski definition) is 6. The van der Waals surface area contributed by atoms with Crippen molar-refractivity contribution in [3.63, 3.8) is 0 Å². The van der Waals surface area contributed by atoms with Gasteiger partial charge in [0.25, 0.3) is 0 Å². The minimum atomic E-state index is -0.517. The molecule has 6 heteroatoms. The van der Waals surface area contributed by atoms with Gasteiger partial charge in [-0.05, 0) is 32.3 Å². The van der Waals surface area contributed by atoms with Crippen molar-refractivity contribution in [3.8, 4) is 0 Å². The van der Waals surface area contributed by atoms with Crippen LogP contribution in [-0.2, 0) is 14.3 Å². The van der Waals surface area contributed by atoms with Gasteiger partial charge in [0.2, 0.25) is 0 Å². The lowest BCUT2D eigenvalue weighted by Gasteiger charge is -2.35. The topological polar surface area (TPSA) is 64.8 Å². The summed E-state index contributed by atoms with van der Waals surface area (Å²) < 4.78 is 10.8. The van der Waals surface area contributed by atoms with Gasteiger partial charge >= 0.3 is 5.97 Å². The zero-order valence-electron chi connectivity index (χ0n) is 12.2. The molecule has 0 aliphatic carbocycles. The first-order valence-electron chi connectivity index (χ1n) is 6.72. The maximum atomic E-state index is 11.9. The molecule has 0 aromatic rings. The Kier molecular flexibility index (Phi) is 7.13. The van der Waals surface area contributed by atoms with E-state index >= 15 is 0 Å². The highest BCUT2D eigenvalue weighted by Crippen LogP contribution is 2.14. The first-order chi connectivity index (χ1) is 8.94. The number of esters is 1. The van der Waals surface area contributed by atoms with Crippen molar-refractivity contribution in [2.75, 3.05) is 44.9 Å². The van der Waals surface area contributed by atoms with Gasteiger partial charge in [0.05, 0.1) is 13.2 Å². The standard InChI is InChI=1S/C13H26N2O3S/c1-13(2,10-15-5-7-17-8-6-15)18-12(16)11(14)4-9-19-3/h11H,4-10,14H2,1-3H3/t11-/m0/s1. The van der Waals surface area contributed by atoms with Crippen LogP contribution in [0.3, 0.4) is 0 Å². The molecule has 1 fully saturated rings. The third-order valence-electron chi connectivity index (χ3n) is 3.02. The minimum Gasteiger partial charge on any atom is -0.457 e. The molecule has 1 saturated heterocycles. The third kappa shape index (κ3) is 6.61. The SMILES string of the molecule is CSCC[C@H](N)C(=O)OC(C)(C)CN1CCOCC1. The van der Waals surface area contributed by atoms with Crippen LogP contribution < -0.4 is 5.73 Å². The molecule has 2 N–H and O–H groups in total. The molecule has 0 amide bonds. The summed E-state index contributed by atoms with van der Waals surface area (Å²) in [6.45, 7) is 7.86. The fourth-order valence-electron chi connectivity index (χ4n) is 2.04. The summed E-state index contributed by atoms with van der Waals surface area (Å²) in [7, 11) is 0. The molecule has 0 spiro atoms. The van der Waals surface area contributed by atoms with Gasteiger partial charge in [0.1, 0.15) is 11.6 Å². The number of rotatable bonds is 7. The molecule has 1 atom stereocenters. The van der Waals surface area contributed by atoms with Crippen LogP contribution in [0.5, 0.6) is 0 Å². The number of thioether (sulfide) groups is 1. The molecule has 0 unspecified atom stereocenters. The summed E-state index contributed by atoms with van der Waals surface area (Å²) in [4.78, 5) is 14.2. The molecule has 5 nitrogen and oxygen atoms in total. The van der Waals surface area contributed by atoms with E-state index in [4.69, 9.17) is 15.2 Å². The van der Waals surface area contributed by atoms with Gasteiger partial charge in [-0.1, -0.05) is 0 Å². The van der Waals surface area contributed by atoms with E-state index in [1.54, 1.807) is 11.8 Å². The Morgan fingerprint density at radius 1 is 1.47 bits per heavy atom. The maximum Gasteiger partial charge on any atom is 0.323 e. The second kappa shape index (κ2) is 8.09. The number of ether oxygens (including phenoxy) is 2. The van der Waals surface area contributed by atoms with E-state index in [1.807, 2.05) is 20.1 Å². The number of carbonyl (C=O) groups is 1. The summed E-state index contributed by atoms with van der Waals surface area (Å²) >= 11 is 1.68. The summed E-state index contributed by atoms with van der Waals surface area (Å²) in [5.74, 6) is 0.576. The molecule has 0 radical (unpaired) electrons. The highest BCUT2D eigenvalue weighted by molar-refractivity contribution is 7.98. The van der Waals surface area contributed by atoms with E-state index in [0.717, 1.165) is 38.6 Å². The molecular weight excluding hydrogens is 264 g/mol. The number of hydrogen-bond donors (Lipinski definition) is 1. The van der Waals surface area contributed by atoms with E-state index in [2.05, 4.69) is 4.90 Å². The van der Waals surface area contributed by atoms with Crippen molar-refractivity contribution >= 4 is 17.7 Å². The van der Waals surface area contributed by atoms with E-state index < -0.39 is 11.6 Å². The third-order valence-corrected chi connectivity index (χ3v) is 3.66. The van der Waals surface area contributed by atoms with Gasteiger partial charge in [0.15, 0.2) is 0 Å². The van der Waals surface area contributed by atoms with E-state index in [0.29, 0.717) is 6.42 Å². The van der Waals surface area contributed by atoms with Crippen LogP contribution in [0.15, 0.2) is 0 Å². The lowest BCUT2D eigenvalue weighted by atomic mass is 10.1. The van der Waals surface area contributed by atoms with Crippen molar-refractivity contribution in [1.29, 1.82) is 0 Å². The maximum absolute atomic E-state index is 11.9. The molecule has 112 valence electrons. The van der Waals surface area contributed by atoms with Gasteiger partial charge in [-0.15, -0.1) is 0 Å². The number of nitrogens with zero attached hydrogens (tertiary/aromatic N) is 1. The predicted molar refractivity (Wildman–Crippen MR) is 78.4 cm³/mol. The first-order valence-corrected chi connectivity index (χ1v) is 8.11. The lowest BCUT2D eigenvalue weighted by Crippen LogP contribution is -2.48. The molecule has 0 aromatic carbocycles. The van der Waals surface area contributed by atoms with E-state index in [-0.39, 0.29) is 5.97 Å². The van der Waals surface area contributed by atoms with Crippen LogP contribution in [0.2, 0.25) is 0 Å². The molecule has 1 aliphatic heterocycles. The average molecular weight is 290 g/mol. The van der Waals surface area contributed by atoms with Gasteiger partial charge in [-0.2, -0.15) is 11.8 Å². The smallest absolute Gasteiger partial charge is 0.323 e. The largest absolute Gasteiger partial charge is 0.457 e. The average Bonchev–Trinajstić information content (AvgIpc) is 2.35. The Morgan fingerprint density at radius 3 is 2.68 bits per heavy atom. The molecule has 0 aromatic heterocycles. The highest BCUT2D eigenvalue weighted by atomic mass is 32.2. The van der Waals surface area contributed by atoms with Crippen LogP contribution in [0.4, 0.5) is 0 Å². The van der Waals surface area contributed by atoms with Crippen molar-refractivity contribution in [3.05, 3.63) is 0 Å². The van der Waals surface area contributed by atoms with Gasteiger partial charge in [0, 0.05) is 19.6 Å². The van der Waals surface area contributed by atoms with Crippen LogP contribution in [0.25, 0.3) is 0 Å². The van der Waals surface area contributed by atoms with Crippen molar-refractivity contribution in [2.45, 2.75) is 31.9 Å². The second-order valence-electron chi connectivity index (χ2n) is 5.46. The Bertz CT molecular complexity index is 281. The number of morpholine rings is 1. The molecule has 1 rings (SSSR count). The van der Waals surface area contributed by atoms with Crippen LogP contribution in [0.1, 0.15) is 20.3 Å². The Morgan fingerprint density at radius 2 is 2.11 bits per heavy atom. The highest BCUT2D eigenvalue weighted by Gasteiger charge is 2.29. The number of nitrogens with two attached hydrogens (primary N) is 1. The summed E-state index contributed by atoms with van der Waals surface area (Å²) in [6.07, 6.45) is 2.66. The fraction of sp³-hybridized carbons (Fsp3) is 0.923. The van der Waals surface area contributed by atoms with Crippen molar-refractivity contribution in [2.24, 2.45) is 5.73 Å². The van der Waals surface area contributed by atoms with Crippen LogP contribution >= 0.6 is 11.8 Å². The Labute approximate surface area is 120 Å². The quantitative estimate of drug-likeness (QED) is 0.697. The lowest BCUT2D eigenvalue weighted by molar-refractivity contribution is -0.160. The van der Waals surface area contributed by atoms with Crippen molar-refractivity contribution in [1.82, 2.24) is 4.90 Å². The van der Waals surface area contributed by atoms with Gasteiger partial charge < -0.3 is 15.2 Å². The summed E-state index contributed by atoms with van der Waals surface area (Å²) in [5.41, 5.74) is 5.31. The summed E-state index contributed by atoms with van der Waals surface area (Å²) in [5, 5.41) is 0. The minimum absolute atomic E-state index is 0.299. The summed E-state index contributed by atoms with van der Waals surface area (Å²) in [6, 6.07) is -0.517. The monoisotopic (exact) mass is 290 g/mol. The van der Waals surface area contributed by atoms with Gasteiger partial charge in [-0.3, -0.25) is 9.69 Å². The normalized spacial score (nSPS) is 19.2. The fourth-order valence-corrected chi connectivity index (χ4v) is 2.53. The van der Waals surface area contributed by atoms with Gasteiger partial charge in [-0.25, -0.2) is 0 Å². The molecule has 19 heavy (non-hydrogen) atoms. The molecular formula is C13H26N2O3S. The zero-order chi connectivity index (χ0) is 14.3. The molecule has 1 heterocycles. The second-order valence-corrected chi connectivity index (χ2v) is 6.44.